The zero-order valence-corrected chi connectivity index (χ0v) is 10.7. The fraction of sp³-hybridized carbons (Fsp3) is 0.750. The van der Waals surface area contributed by atoms with Gasteiger partial charge in [-0.15, -0.1) is 5.10 Å². The molecule has 106 valence electrons. The van der Waals surface area contributed by atoms with Crippen LogP contribution in [0.25, 0.3) is 0 Å². The number of hydrogen-bond donors (Lipinski definition) is 0. The van der Waals surface area contributed by atoms with Crippen LogP contribution in [0.15, 0.2) is 6.20 Å². The molecule has 0 N–H and O–H groups in total. The number of hydrogen-bond acceptors (Lipinski definition) is 3. The van der Waals surface area contributed by atoms with Crippen molar-refractivity contribution in [2.75, 3.05) is 0 Å². The van der Waals surface area contributed by atoms with E-state index in [0.717, 1.165) is 38.3 Å². The number of ketones is 1. The topological polar surface area (TPSA) is 47.8 Å². The Labute approximate surface area is 109 Å². The predicted molar refractivity (Wildman–Crippen MR) is 61.7 cm³/mol. The first-order chi connectivity index (χ1) is 8.91. The van der Waals surface area contributed by atoms with Gasteiger partial charge in [-0.25, -0.2) is 4.68 Å². The minimum absolute atomic E-state index is 0.0565. The van der Waals surface area contributed by atoms with Gasteiger partial charge in [0.25, 0.3) is 5.78 Å². The monoisotopic (exact) mass is 275 g/mol. The molecule has 2 unspecified atom stereocenters. The largest absolute Gasteiger partial charge is 0.456 e. The van der Waals surface area contributed by atoms with Crippen molar-refractivity contribution in [1.29, 1.82) is 0 Å². The van der Waals surface area contributed by atoms with Gasteiger partial charge >= 0.3 is 6.18 Å². The number of alkyl halides is 3. The highest BCUT2D eigenvalue weighted by atomic mass is 19.4. The maximum Gasteiger partial charge on any atom is 0.456 e. The number of aromatic nitrogens is 3. The molecule has 2 rings (SSSR count). The van der Waals surface area contributed by atoms with Crippen molar-refractivity contribution in [3.05, 3.63) is 11.9 Å². The van der Waals surface area contributed by atoms with Crippen LogP contribution >= 0.6 is 0 Å². The van der Waals surface area contributed by atoms with Crippen LogP contribution in [0.5, 0.6) is 0 Å². The van der Waals surface area contributed by atoms with Crippen LogP contribution in [0.1, 0.15) is 55.6 Å². The average molecular weight is 275 g/mol. The van der Waals surface area contributed by atoms with E-state index in [1.54, 1.807) is 0 Å². The number of rotatable bonds is 3. The van der Waals surface area contributed by atoms with Crippen molar-refractivity contribution in [1.82, 2.24) is 15.0 Å². The second-order valence-electron chi connectivity index (χ2n) is 5.01. The smallest absolute Gasteiger partial charge is 0.282 e. The van der Waals surface area contributed by atoms with Crippen LogP contribution < -0.4 is 0 Å². The summed E-state index contributed by atoms with van der Waals surface area (Å²) < 4.78 is 38.2. The Hall–Kier alpha value is -1.40. The Balaban J connectivity index is 2.11. The number of nitrogens with zero attached hydrogens (tertiary/aromatic N) is 3. The van der Waals surface area contributed by atoms with Gasteiger partial charge in [0.1, 0.15) is 0 Å². The van der Waals surface area contributed by atoms with Gasteiger partial charge in [0.05, 0.1) is 12.2 Å². The maximum absolute atomic E-state index is 12.3. The molecular formula is C12H16F3N3O. The molecule has 0 bridgehead atoms. The van der Waals surface area contributed by atoms with E-state index in [0.29, 0.717) is 5.92 Å². The van der Waals surface area contributed by atoms with Crippen molar-refractivity contribution in [3.63, 3.8) is 0 Å². The zero-order chi connectivity index (χ0) is 14.0. The third kappa shape index (κ3) is 3.13. The van der Waals surface area contributed by atoms with Gasteiger partial charge in [0.2, 0.25) is 0 Å². The highest BCUT2D eigenvalue weighted by molar-refractivity contribution is 5.98. The summed E-state index contributed by atoms with van der Waals surface area (Å²) in [6.45, 7) is 2.10. The Bertz CT molecular complexity index is 455. The van der Waals surface area contributed by atoms with Gasteiger partial charge in [0.15, 0.2) is 5.69 Å². The molecule has 2 atom stereocenters. The standard InChI is InChI=1S/C12H16F3N3O/c1-2-8-4-3-5-9(6-8)18-7-10(16-17-18)11(19)12(13,14)15/h7-9H,2-6H2,1H3. The summed E-state index contributed by atoms with van der Waals surface area (Å²) in [7, 11) is 0. The Kier molecular flexibility index (Phi) is 3.91. The predicted octanol–water partition coefficient (Wildman–Crippen LogP) is 3.16. The molecule has 1 fully saturated rings. The molecule has 0 saturated heterocycles. The van der Waals surface area contributed by atoms with Crippen molar-refractivity contribution in [3.8, 4) is 0 Å². The number of carbonyl (C=O) groups is 1. The molecule has 0 aromatic carbocycles. The molecule has 0 amide bonds. The SMILES string of the molecule is CCC1CCCC(n2cc(C(=O)C(F)(F)F)nn2)C1. The second-order valence-corrected chi connectivity index (χ2v) is 5.01. The van der Waals surface area contributed by atoms with Gasteiger partial charge in [-0.3, -0.25) is 4.79 Å². The molecule has 1 aliphatic rings. The van der Waals surface area contributed by atoms with Crippen molar-refractivity contribution < 1.29 is 18.0 Å². The van der Waals surface area contributed by atoms with Crippen LogP contribution in [-0.4, -0.2) is 27.0 Å². The van der Waals surface area contributed by atoms with E-state index in [-0.39, 0.29) is 6.04 Å². The summed E-state index contributed by atoms with van der Waals surface area (Å²) in [5.74, 6) is -1.36. The van der Waals surface area contributed by atoms with Crippen LogP contribution in [0.3, 0.4) is 0 Å². The fourth-order valence-electron chi connectivity index (χ4n) is 2.58. The summed E-state index contributed by atoms with van der Waals surface area (Å²) in [6.07, 6.45) is 1.23. The van der Waals surface area contributed by atoms with E-state index in [1.165, 1.54) is 4.68 Å². The first kappa shape index (κ1) is 14.0. The average Bonchev–Trinajstić information content (AvgIpc) is 2.86. The summed E-state index contributed by atoms with van der Waals surface area (Å²) in [5, 5.41) is 7.04. The van der Waals surface area contributed by atoms with Crippen LogP contribution in [0, 0.1) is 5.92 Å². The molecule has 1 aromatic heterocycles. The van der Waals surface area contributed by atoms with Crippen molar-refractivity contribution >= 4 is 5.78 Å². The lowest BCUT2D eigenvalue weighted by Gasteiger charge is -2.28. The molecule has 0 aliphatic heterocycles. The molecule has 4 nitrogen and oxygen atoms in total. The first-order valence-electron chi connectivity index (χ1n) is 6.45. The third-order valence-electron chi connectivity index (χ3n) is 3.71. The van der Waals surface area contributed by atoms with Crippen LogP contribution in [-0.2, 0) is 0 Å². The Morgan fingerprint density at radius 2 is 2.21 bits per heavy atom. The first-order valence-corrected chi connectivity index (χ1v) is 6.45. The molecule has 0 radical (unpaired) electrons. The van der Waals surface area contributed by atoms with Gasteiger partial charge in [-0.1, -0.05) is 31.4 Å². The van der Waals surface area contributed by atoms with Crippen LogP contribution in [0.4, 0.5) is 13.2 Å². The molecule has 7 heteroatoms. The van der Waals surface area contributed by atoms with Crippen molar-refractivity contribution in [2.24, 2.45) is 5.92 Å². The minimum atomic E-state index is -4.89. The number of carbonyl (C=O) groups excluding carboxylic acids is 1. The van der Waals surface area contributed by atoms with E-state index in [4.69, 9.17) is 0 Å². The van der Waals surface area contributed by atoms with E-state index in [9.17, 15) is 18.0 Å². The van der Waals surface area contributed by atoms with Gasteiger partial charge in [0, 0.05) is 0 Å². The van der Waals surface area contributed by atoms with Crippen LogP contribution in [0.2, 0.25) is 0 Å². The molecule has 1 aromatic rings. The lowest BCUT2D eigenvalue weighted by molar-refractivity contribution is -0.0888. The summed E-state index contributed by atoms with van der Waals surface area (Å²) >= 11 is 0. The summed E-state index contributed by atoms with van der Waals surface area (Å²) in [5.41, 5.74) is -0.619. The van der Waals surface area contributed by atoms with E-state index < -0.39 is 17.7 Å². The number of halogens is 3. The minimum Gasteiger partial charge on any atom is -0.282 e. The molecule has 1 aliphatic carbocycles. The van der Waals surface area contributed by atoms with Gasteiger partial charge in [-0.2, -0.15) is 13.2 Å². The second kappa shape index (κ2) is 5.30. The summed E-state index contributed by atoms with van der Waals surface area (Å²) in [4.78, 5) is 11.0. The Morgan fingerprint density at radius 3 is 2.84 bits per heavy atom. The highest BCUT2D eigenvalue weighted by Crippen LogP contribution is 2.33. The Morgan fingerprint density at radius 1 is 1.47 bits per heavy atom. The normalized spacial score (nSPS) is 24.4. The van der Waals surface area contributed by atoms with Gasteiger partial charge < -0.3 is 0 Å². The van der Waals surface area contributed by atoms with E-state index >= 15 is 0 Å². The fourth-order valence-corrected chi connectivity index (χ4v) is 2.58. The molecule has 1 heterocycles. The number of Topliss-reactive ketones (excluding diaryl/α,β-unsaturated/α-hetero) is 1. The van der Waals surface area contributed by atoms with Gasteiger partial charge in [-0.05, 0) is 18.8 Å². The molecular weight excluding hydrogens is 259 g/mol. The van der Waals surface area contributed by atoms with E-state index in [2.05, 4.69) is 17.2 Å². The molecule has 19 heavy (non-hydrogen) atoms. The quantitative estimate of drug-likeness (QED) is 0.796. The highest BCUT2D eigenvalue weighted by Gasteiger charge is 2.41. The maximum atomic E-state index is 12.3. The van der Waals surface area contributed by atoms with Crippen molar-refractivity contribution in [2.45, 2.75) is 51.2 Å². The lowest BCUT2D eigenvalue weighted by Crippen LogP contribution is -2.23. The molecule has 1 saturated carbocycles. The third-order valence-corrected chi connectivity index (χ3v) is 3.71. The lowest BCUT2D eigenvalue weighted by atomic mass is 9.84. The zero-order valence-electron chi connectivity index (χ0n) is 10.7. The summed E-state index contributed by atoms with van der Waals surface area (Å²) in [6, 6.07) is 0.0565. The van der Waals surface area contributed by atoms with E-state index in [1.807, 2.05) is 0 Å². The molecule has 0 spiro atoms.